The molecule has 0 unspecified atom stereocenters. The van der Waals surface area contributed by atoms with Crippen molar-refractivity contribution in [2.45, 2.75) is 70.1 Å². The molecule has 0 aliphatic carbocycles. The van der Waals surface area contributed by atoms with Gasteiger partial charge in [0.05, 0.1) is 12.3 Å². The van der Waals surface area contributed by atoms with Gasteiger partial charge in [0.15, 0.2) is 0 Å². The van der Waals surface area contributed by atoms with Crippen molar-refractivity contribution in [1.29, 1.82) is 0 Å². The normalized spacial score (nSPS) is 29.1. The fraction of sp³-hybridized carbons (Fsp3) is 0.765. The van der Waals surface area contributed by atoms with Crippen LogP contribution in [0.5, 0.6) is 0 Å². The minimum Gasteiger partial charge on any atom is -0.497 e. The maximum atomic E-state index is 5.79. The van der Waals surface area contributed by atoms with Crippen molar-refractivity contribution in [1.82, 2.24) is 19.7 Å². The third kappa shape index (κ3) is 2.78. The number of hydrogen-bond donors (Lipinski definition) is 0. The highest BCUT2D eigenvalue weighted by Gasteiger charge is 2.31. The van der Waals surface area contributed by atoms with Crippen molar-refractivity contribution in [3.63, 3.8) is 0 Å². The molecule has 5 heteroatoms. The molecule has 4 heterocycles. The molecule has 0 aromatic carbocycles. The molecule has 0 spiro atoms. The summed E-state index contributed by atoms with van der Waals surface area (Å²) in [5.74, 6) is 2.41. The molecule has 1 saturated heterocycles. The lowest BCUT2D eigenvalue weighted by Gasteiger charge is -2.37. The molecule has 0 saturated carbocycles. The van der Waals surface area contributed by atoms with Gasteiger partial charge in [0.2, 0.25) is 0 Å². The van der Waals surface area contributed by atoms with E-state index in [1.165, 1.54) is 43.8 Å². The lowest BCUT2D eigenvalue weighted by atomic mass is 9.99. The number of nitrogens with zero attached hydrogens (tertiary/aromatic N) is 4. The number of hydrogen-bond acceptors (Lipinski definition) is 4. The highest BCUT2D eigenvalue weighted by Crippen LogP contribution is 2.32. The molecule has 1 aromatic rings. The van der Waals surface area contributed by atoms with Crippen LogP contribution in [0, 0.1) is 0 Å². The second kappa shape index (κ2) is 6.41. The molecule has 0 amide bonds. The van der Waals surface area contributed by atoms with Crippen LogP contribution in [0.1, 0.15) is 62.6 Å². The van der Waals surface area contributed by atoms with Crippen LogP contribution in [0.25, 0.3) is 0 Å². The number of likely N-dealkylation sites (tertiary alicyclic amines) is 1. The molecule has 3 aliphatic rings. The average Bonchev–Trinajstić information content (AvgIpc) is 3.00. The van der Waals surface area contributed by atoms with Gasteiger partial charge >= 0.3 is 0 Å². The minimum atomic E-state index is 0.342. The van der Waals surface area contributed by atoms with E-state index in [1.807, 2.05) is 6.26 Å². The Bertz CT molecular complexity index is 539. The Labute approximate surface area is 132 Å². The number of piperidine rings is 1. The van der Waals surface area contributed by atoms with Crippen molar-refractivity contribution >= 4 is 0 Å². The second-order valence-corrected chi connectivity index (χ2v) is 6.80. The van der Waals surface area contributed by atoms with Crippen molar-refractivity contribution in [3.05, 3.63) is 24.0 Å². The topological polar surface area (TPSA) is 43.2 Å². The van der Waals surface area contributed by atoms with Gasteiger partial charge in [0.1, 0.15) is 17.8 Å². The summed E-state index contributed by atoms with van der Waals surface area (Å²) in [5, 5.41) is 9.04. The Kier molecular flexibility index (Phi) is 4.15. The first-order valence-corrected chi connectivity index (χ1v) is 8.88. The highest BCUT2D eigenvalue weighted by atomic mass is 16.5. The minimum absolute atomic E-state index is 0.342. The summed E-state index contributed by atoms with van der Waals surface area (Å²) >= 11 is 0. The molecule has 1 aromatic heterocycles. The molecule has 22 heavy (non-hydrogen) atoms. The Morgan fingerprint density at radius 2 is 2.05 bits per heavy atom. The first kappa shape index (κ1) is 14.2. The molecular weight excluding hydrogens is 276 g/mol. The van der Waals surface area contributed by atoms with Gasteiger partial charge in [0.25, 0.3) is 0 Å². The number of aryl methyl sites for hydroxylation is 1. The summed E-state index contributed by atoms with van der Waals surface area (Å²) in [7, 11) is 0. The van der Waals surface area contributed by atoms with Crippen LogP contribution >= 0.6 is 0 Å². The number of fused-ring (bicyclic) bond motifs is 1. The maximum absolute atomic E-state index is 5.79. The van der Waals surface area contributed by atoms with Crippen LogP contribution in [-0.2, 0) is 17.7 Å². The van der Waals surface area contributed by atoms with Gasteiger partial charge in [-0.05, 0) is 51.1 Å². The molecule has 2 atom stereocenters. The zero-order valence-electron chi connectivity index (χ0n) is 13.3. The van der Waals surface area contributed by atoms with Crippen LogP contribution < -0.4 is 0 Å². The number of allylic oxidation sites excluding steroid dienone is 1. The van der Waals surface area contributed by atoms with Crippen LogP contribution in [-0.4, -0.2) is 38.9 Å². The van der Waals surface area contributed by atoms with Gasteiger partial charge in [-0.3, -0.25) is 4.90 Å². The summed E-state index contributed by atoms with van der Waals surface area (Å²) in [4.78, 5) is 2.60. The van der Waals surface area contributed by atoms with E-state index in [2.05, 4.69) is 25.7 Å². The van der Waals surface area contributed by atoms with Gasteiger partial charge in [-0.1, -0.05) is 6.42 Å². The van der Waals surface area contributed by atoms with Crippen LogP contribution in [0.3, 0.4) is 0 Å². The van der Waals surface area contributed by atoms with Gasteiger partial charge in [0, 0.05) is 19.5 Å². The number of ether oxygens (including phenoxy) is 1. The Hall–Kier alpha value is -1.36. The summed E-state index contributed by atoms with van der Waals surface area (Å²) < 4.78 is 8.19. The molecule has 3 aliphatic heterocycles. The molecule has 1 fully saturated rings. The molecule has 120 valence electrons. The number of aromatic nitrogens is 3. The molecule has 5 nitrogen and oxygen atoms in total. The van der Waals surface area contributed by atoms with Crippen LogP contribution in [0.2, 0.25) is 0 Å². The van der Waals surface area contributed by atoms with Crippen molar-refractivity contribution in [2.24, 2.45) is 0 Å². The Morgan fingerprint density at radius 3 is 2.95 bits per heavy atom. The maximum Gasteiger partial charge on any atom is 0.150 e. The standard InChI is InChI=1S/C17H26N4O/c1-4-10-20(13-14-7-3-6-12-22-14)15(8-1)17-19-18-16-9-2-5-11-21(16)17/h6,12,14-15H,1-5,7-11,13H2/t14-,15+/m1/s1. The molecule has 0 radical (unpaired) electrons. The Balaban J connectivity index is 1.52. The van der Waals surface area contributed by atoms with Gasteiger partial charge < -0.3 is 9.30 Å². The van der Waals surface area contributed by atoms with Gasteiger partial charge in [-0.25, -0.2) is 0 Å². The van der Waals surface area contributed by atoms with Crippen molar-refractivity contribution in [3.8, 4) is 0 Å². The van der Waals surface area contributed by atoms with E-state index in [0.717, 1.165) is 38.9 Å². The third-order valence-corrected chi connectivity index (χ3v) is 5.26. The molecule has 0 bridgehead atoms. The average molecular weight is 302 g/mol. The van der Waals surface area contributed by atoms with Crippen molar-refractivity contribution in [2.75, 3.05) is 13.1 Å². The fourth-order valence-electron chi connectivity index (χ4n) is 4.06. The second-order valence-electron chi connectivity index (χ2n) is 6.80. The van der Waals surface area contributed by atoms with Crippen LogP contribution in [0.15, 0.2) is 12.3 Å². The van der Waals surface area contributed by atoms with E-state index in [1.54, 1.807) is 0 Å². The van der Waals surface area contributed by atoms with E-state index in [0.29, 0.717) is 12.1 Å². The first-order chi connectivity index (χ1) is 10.9. The largest absolute Gasteiger partial charge is 0.497 e. The van der Waals surface area contributed by atoms with E-state index < -0.39 is 0 Å². The third-order valence-electron chi connectivity index (χ3n) is 5.26. The SMILES string of the molecule is C1=CO[C@@H](CN2CCCC[C@H]2c2nnc3n2CCCC3)CC1. The van der Waals surface area contributed by atoms with Gasteiger partial charge in [-0.2, -0.15) is 0 Å². The first-order valence-electron chi connectivity index (χ1n) is 8.88. The lowest BCUT2D eigenvalue weighted by molar-refractivity contribution is 0.0426. The van der Waals surface area contributed by atoms with Crippen molar-refractivity contribution < 1.29 is 4.74 Å². The highest BCUT2D eigenvalue weighted by molar-refractivity contribution is 5.05. The summed E-state index contributed by atoms with van der Waals surface area (Å²) in [5.41, 5.74) is 0. The predicted molar refractivity (Wildman–Crippen MR) is 84.4 cm³/mol. The van der Waals surface area contributed by atoms with E-state index in [9.17, 15) is 0 Å². The summed E-state index contributed by atoms with van der Waals surface area (Å²) in [6, 6.07) is 0.433. The zero-order chi connectivity index (χ0) is 14.8. The Morgan fingerprint density at radius 1 is 1.09 bits per heavy atom. The van der Waals surface area contributed by atoms with E-state index >= 15 is 0 Å². The van der Waals surface area contributed by atoms with Gasteiger partial charge in [-0.15, -0.1) is 10.2 Å². The lowest BCUT2D eigenvalue weighted by Crippen LogP contribution is -2.41. The molecular formula is C17H26N4O. The van der Waals surface area contributed by atoms with Crippen LogP contribution in [0.4, 0.5) is 0 Å². The number of rotatable bonds is 3. The summed E-state index contributed by atoms with van der Waals surface area (Å²) in [6.07, 6.45) is 14.0. The fourth-order valence-corrected chi connectivity index (χ4v) is 4.06. The predicted octanol–water partition coefficient (Wildman–Crippen LogP) is 2.83. The molecule has 4 rings (SSSR count). The quantitative estimate of drug-likeness (QED) is 0.861. The smallest absolute Gasteiger partial charge is 0.150 e. The van der Waals surface area contributed by atoms with E-state index in [4.69, 9.17) is 4.74 Å². The van der Waals surface area contributed by atoms with E-state index in [-0.39, 0.29) is 0 Å². The zero-order valence-corrected chi connectivity index (χ0v) is 13.3. The monoisotopic (exact) mass is 302 g/mol. The molecule has 0 N–H and O–H groups in total. The summed E-state index contributed by atoms with van der Waals surface area (Å²) in [6.45, 7) is 3.29.